The quantitative estimate of drug-likeness (QED) is 0.803. The Bertz CT molecular complexity index is 513. The van der Waals surface area contributed by atoms with E-state index in [-0.39, 0.29) is 17.2 Å². The number of carbonyl (C=O) groups excluding carboxylic acids is 1. The van der Waals surface area contributed by atoms with Gasteiger partial charge in [0.15, 0.2) is 17.6 Å². The molecule has 1 atom stereocenters. The molecule has 0 aliphatic heterocycles. The van der Waals surface area contributed by atoms with Crippen molar-refractivity contribution in [3.05, 3.63) is 23.8 Å². The number of methoxy groups -OCH3 is 1. The van der Waals surface area contributed by atoms with Gasteiger partial charge in [-0.2, -0.15) is 0 Å². The third-order valence-electron chi connectivity index (χ3n) is 2.77. The molecule has 1 aromatic carbocycles. The van der Waals surface area contributed by atoms with Crippen molar-refractivity contribution in [3.63, 3.8) is 0 Å². The molecule has 0 radical (unpaired) electrons. The van der Waals surface area contributed by atoms with Gasteiger partial charge < -0.3 is 19.9 Å². The molecular weight excluding hydrogens is 274 g/mol. The van der Waals surface area contributed by atoms with Crippen LogP contribution in [-0.4, -0.2) is 36.7 Å². The van der Waals surface area contributed by atoms with Crippen LogP contribution >= 0.6 is 0 Å². The maximum absolute atomic E-state index is 11.9. The zero-order valence-corrected chi connectivity index (χ0v) is 12.7. The molecule has 0 spiro atoms. The topological polar surface area (TPSA) is 84.9 Å². The highest BCUT2D eigenvalue weighted by atomic mass is 16.5. The summed E-state index contributed by atoms with van der Waals surface area (Å²) in [5.74, 6) is -0.325. The van der Waals surface area contributed by atoms with Crippen molar-refractivity contribution in [2.75, 3.05) is 13.7 Å². The summed E-state index contributed by atoms with van der Waals surface area (Å²) in [6.45, 7) is 6.20. The van der Waals surface area contributed by atoms with Crippen molar-refractivity contribution >= 4 is 11.9 Å². The monoisotopic (exact) mass is 295 g/mol. The van der Waals surface area contributed by atoms with E-state index in [0.29, 0.717) is 18.2 Å². The largest absolute Gasteiger partial charge is 0.493 e. The third kappa shape index (κ3) is 4.98. The number of hydrogen-bond donors (Lipinski definition) is 2. The smallest absolute Gasteiger partial charge is 0.335 e. The van der Waals surface area contributed by atoms with E-state index in [0.717, 1.165) is 0 Å². The summed E-state index contributed by atoms with van der Waals surface area (Å²) >= 11 is 0. The summed E-state index contributed by atoms with van der Waals surface area (Å²) in [4.78, 5) is 22.8. The average molecular weight is 295 g/mol. The Labute approximate surface area is 124 Å². The molecule has 1 rings (SSSR count). The van der Waals surface area contributed by atoms with E-state index in [1.807, 2.05) is 13.8 Å². The lowest BCUT2D eigenvalue weighted by Gasteiger charge is -2.17. The van der Waals surface area contributed by atoms with Gasteiger partial charge in [0.1, 0.15) is 0 Å². The van der Waals surface area contributed by atoms with Crippen LogP contribution in [0.2, 0.25) is 0 Å². The number of carboxylic acids is 1. The van der Waals surface area contributed by atoms with Gasteiger partial charge in [-0.25, -0.2) is 4.79 Å². The van der Waals surface area contributed by atoms with E-state index in [9.17, 15) is 9.59 Å². The second kappa shape index (κ2) is 7.52. The molecule has 0 aliphatic carbocycles. The Morgan fingerprint density at radius 3 is 2.43 bits per heavy atom. The van der Waals surface area contributed by atoms with Crippen molar-refractivity contribution in [1.29, 1.82) is 0 Å². The van der Waals surface area contributed by atoms with Crippen LogP contribution in [0.5, 0.6) is 11.5 Å². The Kier molecular flexibility index (Phi) is 6.02. The number of rotatable bonds is 7. The number of hydrogen-bond acceptors (Lipinski definition) is 4. The molecule has 21 heavy (non-hydrogen) atoms. The zero-order chi connectivity index (χ0) is 16.0. The molecule has 0 saturated heterocycles. The average Bonchev–Trinajstić information content (AvgIpc) is 2.44. The number of aromatic carboxylic acids is 1. The summed E-state index contributed by atoms with van der Waals surface area (Å²) in [7, 11) is 1.41. The first-order valence-electron chi connectivity index (χ1n) is 6.70. The lowest BCUT2D eigenvalue weighted by Crippen LogP contribution is -2.38. The van der Waals surface area contributed by atoms with Gasteiger partial charge in [-0.05, 0) is 31.0 Å². The SMILES string of the molecule is COc1cc(C(=O)O)ccc1OC(C)C(=O)NCC(C)C. The maximum atomic E-state index is 11.9. The van der Waals surface area contributed by atoms with Crippen LogP contribution < -0.4 is 14.8 Å². The molecule has 1 aromatic rings. The van der Waals surface area contributed by atoms with E-state index < -0.39 is 12.1 Å². The predicted octanol–water partition coefficient (Wildman–Crippen LogP) is 1.93. The Morgan fingerprint density at radius 2 is 1.90 bits per heavy atom. The number of carbonyl (C=O) groups is 2. The highest BCUT2D eigenvalue weighted by Crippen LogP contribution is 2.29. The van der Waals surface area contributed by atoms with E-state index in [1.165, 1.54) is 25.3 Å². The van der Waals surface area contributed by atoms with Gasteiger partial charge in [-0.3, -0.25) is 4.79 Å². The van der Waals surface area contributed by atoms with Gasteiger partial charge >= 0.3 is 5.97 Å². The van der Waals surface area contributed by atoms with Crippen LogP contribution in [0.15, 0.2) is 18.2 Å². The zero-order valence-electron chi connectivity index (χ0n) is 12.7. The summed E-state index contributed by atoms with van der Waals surface area (Å²) in [6, 6.07) is 4.24. The Morgan fingerprint density at radius 1 is 1.24 bits per heavy atom. The van der Waals surface area contributed by atoms with Gasteiger partial charge in [0.2, 0.25) is 0 Å². The molecule has 6 heteroatoms. The van der Waals surface area contributed by atoms with E-state index in [4.69, 9.17) is 14.6 Å². The van der Waals surface area contributed by atoms with E-state index in [2.05, 4.69) is 5.32 Å². The Balaban J connectivity index is 2.77. The van der Waals surface area contributed by atoms with Gasteiger partial charge in [-0.15, -0.1) is 0 Å². The van der Waals surface area contributed by atoms with Crippen molar-refractivity contribution in [3.8, 4) is 11.5 Å². The standard InChI is InChI=1S/C15H21NO5/c1-9(2)8-16-14(17)10(3)21-12-6-5-11(15(18)19)7-13(12)20-4/h5-7,9-10H,8H2,1-4H3,(H,16,17)(H,18,19). The van der Waals surface area contributed by atoms with Crippen molar-refractivity contribution in [1.82, 2.24) is 5.32 Å². The Hall–Kier alpha value is -2.24. The molecule has 1 amide bonds. The fourth-order valence-corrected chi connectivity index (χ4v) is 1.59. The van der Waals surface area contributed by atoms with Crippen LogP contribution in [0.1, 0.15) is 31.1 Å². The van der Waals surface area contributed by atoms with Crippen LogP contribution in [0.4, 0.5) is 0 Å². The minimum Gasteiger partial charge on any atom is -0.493 e. The number of carboxylic acid groups (broad SMARTS) is 1. The summed E-state index contributed by atoms with van der Waals surface area (Å²) in [6.07, 6.45) is -0.701. The van der Waals surface area contributed by atoms with Gasteiger partial charge in [0, 0.05) is 6.54 Å². The maximum Gasteiger partial charge on any atom is 0.335 e. The molecule has 0 heterocycles. The van der Waals surface area contributed by atoms with Crippen LogP contribution in [0, 0.1) is 5.92 Å². The normalized spacial score (nSPS) is 11.9. The summed E-state index contributed by atoms with van der Waals surface area (Å²) < 4.78 is 10.6. The summed E-state index contributed by atoms with van der Waals surface area (Å²) in [5, 5.41) is 11.7. The molecule has 2 N–H and O–H groups in total. The number of benzene rings is 1. The molecule has 0 saturated carbocycles. The molecule has 116 valence electrons. The first-order valence-corrected chi connectivity index (χ1v) is 6.70. The van der Waals surface area contributed by atoms with E-state index >= 15 is 0 Å². The molecule has 0 bridgehead atoms. The van der Waals surface area contributed by atoms with E-state index in [1.54, 1.807) is 6.92 Å². The molecule has 0 aromatic heterocycles. The second-order valence-electron chi connectivity index (χ2n) is 5.07. The van der Waals surface area contributed by atoms with Crippen LogP contribution in [0.3, 0.4) is 0 Å². The minimum absolute atomic E-state index is 0.0936. The molecule has 6 nitrogen and oxygen atoms in total. The van der Waals surface area contributed by atoms with Crippen LogP contribution in [0.25, 0.3) is 0 Å². The van der Waals surface area contributed by atoms with Gasteiger partial charge in [0.05, 0.1) is 12.7 Å². The predicted molar refractivity (Wildman–Crippen MR) is 77.9 cm³/mol. The first-order chi connectivity index (χ1) is 9.85. The van der Waals surface area contributed by atoms with Crippen LogP contribution in [-0.2, 0) is 4.79 Å². The van der Waals surface area contributed by atoms with Crippen molar-refractivity contribution < 1.29 is 24.2 Å². The fourth-order valence-electron chi connectivity index (χ4n) is 1.59. The molecule has 1 unspecified atom stereocenters. The van der Waals surface area contributed by atoms with Gasteiger partial charge in [0.25, 0.3) is 5.91 Å². The van der Waals surface area contributed by atoms with Crippen molar-refractivity contribution in [2.24, 2.45) is 5.92 Å². The van der Waals surface area contributed by atoms with Crippen molar-refractivity contribution in [2.45, 2.75) is 26.9 Å². The molecule has 0 aliphatic rings. The highest BCUT2D eigenvalue weighted by Gasteiger charge is 2.18. The minimum atomic E-state index is -1.05. The lowest BCUT2D eigenvalue weighted by atomic mass is 10.2. The highest BCUT2D eigenvalue weighted by molar-refractivity contribution is 5.88. The second-order valence-corrected chi connectivity index (χ2v) is 5.07. The lowest BCUT2D eigenvalue weighted by molar-refractivity contribution is -0.127. The molecule has 0 fully saturated rings. The number of ether oxygens (including phenoxy) is 2. The first kappa shape index (κ1) is 16.8. The number of amides is 1. The molecular formula is C15H21NO5. The summed E-state index contributed by atoms with van der Waals surface area (Å²) in [5.41, 5.74) is 0.0936. The third-order valence-corrected chi connectivity index (χ3v) is 2.77. The van der Waals surface area contributed by atoms with Gasteiger partial charge in [-0.1, -0.05) is 13.8 Å². The number of nitrogens with one attached hydrogen (secondary N) is 1. The fraction of sp³-hybridized carbons (Fsp3) is 0.467.